The van der Waals surface area contributed by atoms with Crippen molar-refractivity contribution in [3.63, 3.8) is 0 Å². The Balaban J connectivity index is 2.20. The molecule has 1 heterocycles. The lowest BCUT2D eigenvalue weighted by Crippen LogP contribution is -2.09. The van der Waals surface area contributed by atoms with Gasteiger partial charge in [0.05, 0.1) is 11.8 Å². The van der Waals surface area contributed by atoms with E-state index in [4.69, 9.17) is 0 Å². The fourth-order valence-electron chi connectivity index (χ4n) is 1.69. The summed E-state index contributed by atoms with van der Waals surface area (Å²) in [4.78, 5) is 6.46. The molecular weight excluding hydrogens is 244 g/mol. The standard InChI is InChI=1S/C14H18N2OS/c1-4-11-5-7-12(8-6-11)16(3)14-15-13(9-18-14)10(2)17/h5-10,17H,4H2,1-3H3. The smallest absolute Gasteiger partial charge is 0.189 e. The van der Waals surface area contributed by atoms with E-state index in [1.165, 1.54) is 5.56 Å². The maximum atomic E-state index is 9.48. The normalized spacial score (nSPS) is 12.4. The lowest BCUT2D eigenvalue weighted by Gasteiger charge is -2.16. The minimum atomic E-state index is -0.508. The molecule has 2 aromatic rings. The Hall–Kier alpha value is -1.39. The molecule has 0 radical (unpaired) electrons. The summed E-state index contributed by atoms with van der Waals surface area (Å²) in [6.07, 6.45) is 0.541. The van der Waals surface area contributed by atoms with Crippen LogP contribution in [0.15, 0.2) is 29.6 Å². The SMILES string of the molecule is CCc1ccc(N(C)c2nc(C(C)O)cs2)cc1. The molecule has 0 aliphatic rings. The van der Waals surface area contributed by atoms with Gasteiger partial charge in [-0.1, -0.05) is 19.1 Å². The van der Waals surface area contributed by atoms with Crippen LogP contribution in [0.25, 0.3) is 0 Å². The summed E-state index contributed by atoms with van der Waals surface area (Å²) in [6, 6.07) is 8.47. The van der Waals surface area contributed by atoms with Crippen molar-refractivity contribution < 1.29 is 5.11 Å². The van der Waals surface area contributed by atoms with Gasteiger partial charge in [-0.15, -0.1) is 11.3 Å². The summed E-state index contributed by atoms with van der Waals surface area (Å²) in [5.41, 5.74) is 3.17. The van der Waals surface area contributed by atoms with E-state index in [0.717, 1.165) is 22.9 Å². The third-order valence-corrected chi connectivity index (χ3v) is 3.89. The molecule has 4 heteroatoms. The van der Waals surface area contributed by atoms with E-state index in [-0.39, 0.29) is 0 Å². The van der Waals surface area contributed by atoms with Crippen LogP contribution in [0.2, 0.25) is 0 Å². The predicted molar refractivity (Wildman–Crippen MR) is 76.6 cm³/mol. The molecule has 0 saturated heterocycles. The van der Waals surface area contributed by atoms with Crippen molar-refractivity contribution in [2.45, 2.75) is 26.4 Å². The Morgan fingerprint density at radius 1 is 1.33 bits per heavy atom. The van der Waals surface area contributed by atoms with Crippen LogP contribution < -0.4 is 4.90 Å². The summed E-state index contributed by atoms with van der Waals surface area (Å²) in [5, 5.41) is 12.3. The predicted octanol–water partition coefficient (Wildman–Crippen LogP) is 3.53. The molecular formula is C14H18N2OS. The van der Waals surface area contributed by atoms with E-state index in [1.54, 1.807) is 18.3 Å². The van der Waals surface area contributed by atoms with Gasteiger partial charge in [-0.05, 0) is 31.0 Å². The fourth-order valence-corrected chi connectivity index (χ4v) is 2.59. The van der Waals surface area contributed by atoms with Crippen LogP contribution in [0, 0.1) is 0 Å². The Morgan fingerprint density at radius 3 is 2.50 bits per heavy atom. The number of nitrogens with zero attached hydrogens (tertiary/aromatic N) is 2. The molecule has 0 aliphatic heterocycles. The number of aryl methyl sites for hydroxylation is 1. The molecule has 0 fully saturated rings. The molecule has 0 bridgehead atoms. The number of hydrogen-bond donors (Lipinski definition) is 1. The molecule has 1 aromatic carbocycles. The van der Waals surface area contributed by atoms with E-state index < -0.39 is 6.10 Å². The second kappa shape index (κ2) is 5.50. The average Bonchev–Trinajstić information content (AvgIpc) is 2.88. The zero-order valence-electron chi connectivity index (χ0n) is 10.9. The molecule has 0 amide bonds. The van der Waals surface area contributed by atoms with Crippen molar-refractivity contribution in [3.8, 4) is 0 Å². The highest BCUT2D eigenvalue weighted by molar-refractivity contribution is 7.13. The number of benzene rings is 1. The van der Waals surface area contributed by atoms with Crippen LogP contribution in [0.5, 0.6) is 0 Å². The summed E-state index contributed by atoms with van der Waals surface area (Å²) < 4.78 is 0. The third kappa shape index (κ3) is 2.71. The highest BCUT2D eigenvalue weighted by Gasteiger charge is 2.11. The minimum Gasteiger partial charge on any atom is -0.387 e. The highest BCUT2D eigenvalue weighted by atomic mass is 32.1. The van der Waals surface area contributed by atoms with Gasteiger partial charge >= 0.3 is 0 Å². The number of anilines is 2. The van der Waals surface area contributed by atoms with Crippen molar-refractivity contribution in [2.24, 2.45) is 0 Å². The quantitative estimate of drug-likeness (QED) is 0.915. The zero-order chi connectivity index (χ0) is 13.1. The Kier molecular flexibility index (Phi) is 3.99. The summed E-state index contributed by atoms with van der Waals surface area (Å²) in [6.45, 7) is 3.88. The van der Waals surface area contributed by atoms with Crippen LogP contribution in [0.1, 0.15) is 31.2 Å². The monoisotopic (exact) mass is 262 g/mol. The van der Waals surface area contributed by atoms with Gasteiger partial charge in [-0.3, -0.25) is 0 Å². The Bertz CT molecular complexity index is 505. The molecule has 1 unspecified atom stereocenters. The maximum Gasteiger partial charge on any atom is 0.189 e. The number of rotatable bonds is 4. The van der Waals surface area contributed by atoms with Crippen molar-refractivity contribution in [3.05, 3.63) is 40.9 Å². The lowest BCUT2D eigenvalue weighted by atomic mass is 10.1. The summed E-state index contributed by atoms with van der Waals surface area (Å²) in [7, 11) is 1.99. The van der Waals surface area contributed by atoms with Crippen LogP contribution >= 0.6 is 11.3 Å². The van der Waals surface area contributed by atoms with E-state index in [0.29, 0.717) is 0 Å². The van der Waals surface area contributed by atoms with Crippen molar-refractivity contribution in [1.29, 1.82) is 0 Å². The molecule has 2 rings (SSSR count). The van der Waals surface area contributed by atoms with Crippen LogP contribution in [0.3, 0.4) is 0 Å². The van der Waals surface area contributed by atoms with Gasteiger partial charge in [0.15, 0.2) is 5.13 Å². The van der Waals surface area contributed by atoms with Gasteiger partial charge in [0.25, 0.3) is 0 Å². The first-order valence-electron chi connectivity index (χ1n) is 6.08. The molecule has 1 aromatic heterocycles. The first-order valence-corrected chi connectivity index (χ1v) is 6.96. The second-order valence-electron chi connectivity index (χ2n) is 4.31. The largest absolute Gasteiger partial charge is 0.387 e. The van der Waals surface area contributed by atoms with Gasteiger partial charge in [-0.25, -0.2) is 4.98 Å². The number of aromatic nitrogens is 1. The molecule has 3 nitrogen and oxygen atoms in total. The van der Waals surface area contributed by atoms with Gasteiger partial charge in [0.1, 0.15) is 0 Å². The number of thiazole rings is 1. The first kappa shape index (κ1) is 13.1. The van der Waals surface area contributed by atoms with Gasteiger partial charge < -0.3 is 10.0 Å². The molecule has 0 spiro atoms. The van der Waals surface area contributed by atoms with Gasteiger partial charge in [-0.2, -0.15) is 0 Å². The molecule has 18 heavy (non-hydrogen) atoms. The van der Waals surface area contributed by atoms with E-state index in [2.05, 4.69) is 36.2 Å². The summed E-state index contributed by atoms with van der Waals surface area (Å²) >= 11 is 1.55. The second-order valence-corrected chi connectivity index (χ2v) is 5.15. The number of hydrogen-bond acceptors (Lipinski definition) is 4. The topological polar surface area (TPSA) is 36.4 Å². The Morgan fingerprint density at radius 2 is 2.00 bits per heavy atom. The third-order valence-electron chi connectivity index (χ3n) is 2.96. The average molecular weight is 262 g/mol. The number of aliphatic hydroxyl groups is 1. The van der Waals surface area contributed by atoms with Crippen LogP contribution in [-0.4, -0.2) is 17.1 Å². The van der Waals surface area contributed by atoms with Crippen molar-refractivity contribution >= 4 is 22.2 Å². The summed E-state index contributed by atoms with van der Waals surface area (Å²) in [5.74, 6) is 0. The van der Waals surface area contributed by atoms with Gasteiger partial charge in [0.2, 0.25) is 0 Å². The molecule has 1 N–H and O–H groups in total. The van der Waals surface area contributed by atoms with Crippen LogP contribution in [-0.2, 0) is 6.42 Å². The number of aliphatic hydroxyl groups excluding tert-OH is 1. The highest BCUT2D eigenvalue weighted by Crippen LogP contribution is 2.28. The first-order chi connectivity index (χ1) is 8.61. The van der Waals surface area contributed by atoms with E-state index in [9.17, 15) is 5.11 Å². The lowest BCUT2D eigenvalue weighted by molar-refractivity contribution is 0.195. The zero-order valence-corrected chi connectivity index (χ0v) is 11.7. The molecule has 96 valence electrons. The van der Waals surface area contributed by atoms with Crippen LogP contribution in [0.4, 0.5) is 10.8 Å². The fraction of sp³-hybridized carbons (Fsp3) is 0.357. The van der Waals surface area contributed by atoms with E-state index >= 15 is 0 Å². The Labute approximate surface area is 112 Å². The molecule has 0 saturated carbocycles. The maximum absolute atomic E-state index is 9.48. The van der Waals surface area contributed by atoms with Crippen molar-refractivity contribution in [1.82, 2.24) is 4.98 Å². The minimum absolute atomic E-state index is 0.508. The molecule has 1 atom stereocenters. The van der Waals surface area contributed by atoms with Gasteiger partial charge in [0, 0.05) is 18.1 Å². The van der Waals surface area contributed by atoms with Crippen molar-refractivity contribution in [2.75, 3.05) is 11.9 Å². The van der Waals surface area contributed by atoms with E-state index in [1.807, 2.05) is 17.3 Å². The molecule has 0 aliphatic carbocycles.